The van der Waals surface area contributed by atoms with Crippen molar-refractivity contribution in [2.75, 3.05) is 46.9 Å². The lowest BCUT2D eigenvalue weighted by atomic mass is 10.1. The fraction of sp³-hybridized carbons (Fsp3) is 0.756. The van der Waals surface area contributed by atoms with E-state index in [4.69, 9.17) is 4.74 Å². The van der Waals surface area contributed by atoms with E-state index in [1.807, 2.05) is 14.1 Å². The van der Waals surface area contributed by atoms with Crippen molar-refractivity contribution in [2.24, 2.45) is 0 Å². The number of hydrogen-bond acceptors (Lipinski definition) is 5. The molecule has 0 rings (SSSR count). The summed E-state index contributed by atoms with van der Waals surface area (Å²) in [5, 5.41) is 14.9. The average Bonchev–Trinajstić information content (AvgIpc) is 3.12. The van der Waals surface area contributed by atoms with Gasteiger partial charge in [0, 0.05) is 13.0 Å². The fourth-order valence-corrected chi connectivity index (χ4v) is 5.93. The lowest BCUT2D eigenvalue weighted by Crippen LogP contribution is -2.53. The van der Waals surface area contributed by atoms with E-state index in [-0.39, 0.29) is 31.5 Å². The number of nitrogens with one attached hydrogen (secondary N) is 2. The maximum atomic E-state index is 13.0. The van der Waals surface area contributed by atoms with E-state index in [9.17, 15) is 19.5 Å². The van der Waals surface area contributed by atoms with Gasteiger partial charge in [0.1, 0.15) is 12.6 Å². The number of nitrogens with zero attached hydrogens (tertiary/aromatic N) is 1. The summed E-state index contributed by atoms with van der Waals surface area (Å²) in [6.07, 6.45) is 44.4. The maximum absolute atomic E-state index is 13.0. The summed E-state index contributed by atoms with van der Waals surface area (Å²) in [4.78, 5) is 38.4. The molecule has 0 radical (unpaired) electrons. The number of carbonyl (C=O) groups excluding carboxylic acids is 3. The highest BCUT2D eigenvalue weighted by Crippen LogP contribution is 2.10. The third-order valence-electron chi connectivity index (χ3n) is 9.34. The van der Waals surface area contributed by atoms with E-state index in [0.29, 0.717) is 24.1 Å². The summed E-state index contributed by atoms with van der Waals surface area (Å²) in [7, 11) is 3.73. The lowest BCUT2D eigenvalue weighted by Gasteiger charge is -2.28. The van der Waals surface area contributed by atoms with Gasteiger partial charge in [0.15, 0.2) is 6.54 Å². The Morgan fingerprint density at radius 1 is 0.604 bits per heavy atom. The Morgan fingerprint density at radius 3 is 1.55 bits per heavy atom. The summed E-state index contributed by atoms with van der Waals surface area (Å²) >= 11 is 0. The number of rotatable bonds is 37. The van der Waals surface area contributed by atoms with Gasteiger partial charge in [-0.2, -0.15) is 0 Å². The molecule has 0 aliphatic heterocycles. The number of likely N-dealkylation sites (N-methyl/N-ethyl adjacent to an activating group) is 1. The largest absolute Gasteiger partial charge is 0.464 e. The van der Waals surface area contributed by atoms with Crippen LogP contribution in [0, 0.1) is 0 Å². The number of aliphatic hydroxyl groups is 1. The van der Waals surface area contributed by atoms with Crippen LogP contribution in [0.5, 0.6) is 0 Å². The van der Waals surface area contributed by atoms with Crippen molar-refractivity contribution in [3.8, 4) is 0 Å². The molecule has 0 heterocycles. The van der Waals surface area contributed by atoms with Crippen LogP contribution in [0.25, 0.3) is 0 Å². The molecule has 0 bridgehead atoms. The maximum Gasteiger partial charge on any atom is 0.330 e. The van der Waals surface area contributed by atoms with E-state index in [0.717, 1.165) is 77.0 Å². The quantitative estimate of drug-likeness (QED) is 0.0254. The Labute approximate surface area is 326 Å². The van der Waals surface area contributed by atoms with E-state index in [1.165, 1.54) is 70.6 Å². The molecular weight excluding hydrogens is 663 g/mol. The normalized spacial score (nSPS) is 12.8. The highest BCUT2D eigenvalue weighted by Gasteiger charge is 2.25. The predicted molar refractivity (Wildman–Crippen MR) is 224 cm³/mol. The van der Waals surface area contributed by atoms with Crippen LogP contribution in [0.1, 0.15) is 168 Å². The number of quaternary nitrogens is 1. The van der Waals surface area contributed by atoms with Gasteiger partial charge in [-0.1, -0.05) is 133 Å². The minimum absolute atomic E-state index is 0.0195. The van der Waals surface area contributed by atoms with Gasteiger partial charge in [-0.25, -0.2) is 4.79 Å². The molecular formula is C45H82N3O5+. The van der Waals surface area contributed by atoms with E-state index in [2.05, 4.69) is 73.1 Å². The van der Waals surface area contributed by atoms with Crippen LogP contribution in [0.2, 0.25) is 0 Å². The summed E-state index contributed by atoms with van der Waals surface area (Å²) < 4.78 is 5.88. The van der Waals surface area contributed by atoms with Gasteiger partial charge in [0.05, 0.1) is 27.3 Å². The Bertz CT molecular complexity index is 1000. The molecule has 0 saturated carbocycles. The summed E-state index contributed by atoms with van der Waals surface area (Å²) in [5.74, 6) is -0.947. The van der Waals surface area contributed by atoms with Crippen molar-refractivity contribution in [3.05, 3.63) is 48.6 Å². The van der Waals surface area contributed by atoms with Crippen LogP contribution in [0.4, 0.5) is 0 Å². The van der Waals surface area contributed by atoms with Gasteiger partial charge in [-0.15, -0.1) is 0 Å². The lowest BCUT2D eigenvalue weighted by molar-refractivity contribution is -0.882. The SMILES string of the molecule is CCCCC/C=C\C/C=C\CCCCCCCCOC(=O)[C@H](CNC(=O)C[N+](C)(C)CCO)NC(=O)CCCCCCC/C=C\C/C=C\CCCCC. The summed E-state index contributed by atoms with van der Waals surface area (Å²) in [6, 6.07) is -0.928. The number of hydrogen-bond donors (Lipinski definition) is 3. The molecule has 1 atom stereocenters. The monoisotopic (exact) mass is 745 g/mol. The average molecular weight is 745 g/mol. The zero-order valence-electron chi connectivity index (χ0n) is 34.7. The first-order chi connectivity index (χ1) is 25.8. The van der Waals surface area contributed by atoms with Crippen LogP contribution < -0.4 is 10.6 Å². The molecule has 8 nitrogen and oxygen atoms in total. The third kappa shape index (κ3) is 36.1. The third-order valence-corrected chi connectivity index (χ3v) is 9.34. The minimum Gasteiger partial charge on any atom is -0.464 e. The molecule has 0 aromatic heterocycles. The van der Waals surface area contributed by atoms with E-state index >= 15 is 0 Å². The van der Waals surface area contributed by atoms with Crippen molar-refractivity contribution in [3.63, 3.8) is 0 Å². The molecule has 0 fully saturated rings. The first kappa shape index (κ1) is 50.3. The topological polar surface area (TPSA) is 105 Å². The van der Waals surface area contributed by atoms with Crippen LogP contribution in [0.3, 0.4) is 0 Å². The zero-order chi connectivity index (χ0) is 39.1. The molecule has 0 aromatic carbocycles. The van der Waals surface area contributed by atoms with Gasteiger partial charge in [0.25, 0.3) is 5.91 Å². The molecule has 306 valence electrons. The Balaban J connectivity index is 4.39. The Kier molecular flexibility index (Phi) is 35.7. The molecule has 0 spiro atoms. The smallest absolute Gasteiger partial charge is 0.330 e. The number of allylic oxidation sites excluding steroid dienone is 8. The first-order valence-electron chi connectivity index (χ1n) is 21.5. The molecule has 0 unspecified atom stereocenters. The van der Waals surface area contributed by atoms with Crippen molar-refractivity contribution >= 4 is 17.8 Å². The van der Waals surface area contributed by atoms with Gasteiger partial charge in [0.2, 0.25) is 5.91 Å². The molecule has 0 aliphatic rings. The van der Waals surface area contributed by atoms with Gasteiger partial charge in [-0.3, -0.25) is 9.59 Å². The van der Waals surface area contributed by atoms with Gasteiger partial charge in [-0.05, 0) is 77.0 Å². The minimum atomic E-state index is -0.928. The highest BCUT2D eigenvalue weighted by molar-refractivity contribution is 5.85. The molecule has 0 aromatic rings. The number of unbranched alkanes of at least 4 members (excludes halogenated alkanes) is 17. The molecule has 0 saturated heterocycles. The summed E-state index contributed by atoms with van der Waals surface area (Å²) in [5.41, 5.74) is 0. The van der Waals surface area contributed by atoms with Crippen LogP contribution in [0.15, 0.2) is 48.6 Å². The first-order valence-corrected chi connectivity index (χ1v) is 21.5. The van der Waals surface area contributed by atoms with E-state index < -0.39 is 12.0 Å². The van der Waals surface area contributed by atoms with E-state index in [1.54, 1.807) is 0 Å². The number of carbonyl (C=O) groups is 3. The van der Waals surface area contributed by atoms with Crippen LogP contribution in [-0.2, 0) is 19.1 Å². The predicted octanol–water partition coefficient (Wildman–Crippen LogP) is 9.83. The second kappa shape index (κ2) is 37.6. The van der Waals surface area contributed by atoms with Gasteiger partial charge < -0.3 is 25.0 Å². The second-order valence-corrected chi connectivity index (χ2v) is 15.2. The number of amides is 2. The number of ether oxygens (including phenoxy) is 1. The molecule has 2 amide bonds. The molecule has 0 aliphatic carbocycles. The molecule has 53 heavy (non-hydrogen) atoms. The summed E-state index contributed by atoms with van der Waals surface area (Å²) in [6.45, 7) is 5.34. The highest BCUT2D eigenvalue weighted by atomic mass is 16.5. The van der Waals surface area contributed by atoms with Crippen LogP contribution in [-0.4, -0.2) is 80.4 Å². The van der Waals surface area contributed by atoms with Crippen molar-refractivity contribution < 1.29 is 28.7 Å². The Hall–Kier alpha value is -2.71. The standard InChI is InChI=1S/C45H81N3O5/c1-5-7-9-11-13-15-17-19-21-23-25-27-29-31-33-35-39-53-45(52)42(40-46-44(51)41-48(3,4)37-38-49)47-43(50)36-34-32-30-28-26-24-22-20-18-16-14-12-10-8-6-2/h13-16,19-22,42,49H,5-12,17-18,23-41H2,1-4H3,(H-,46,47,50,51)/p+1/b15-13-,16-14-,21-19-,22-20-/t42-/m0/s1. The Morgan fingerprint density at radius 2 is 1.06 bits per heavy atom. The van der Waals surface area contributed by atoms with Crippen LogP contribution >= 0.6 is 0 Å². The van der Waals surface area contributed by atoms with Crippen molar-refractivity contribution in [1.82, 2.24) is 10.6 Å². The zero-order valence-corrected chi connectivity index (χ0v) is 34.7. The van der Waals surface area contributed by atoms with Gasteiger partial charge >= 0.3 is 5.97 Å². The molecule has 3 N–H and O–H groups in total. The van der Waals surface area contributed by atoms with Crippen molar-refractivity contribution in [2.45, 2.75) is 174 Å². The van der Waals surface area contributed by atoms with Crippen molar-refractivity contribution in [1.29, 1.82) is 0 Å². The fourth-order valence-electron chi connectivity index (χ4n) is 5.93. The molecule has 8 heteroatoms. The number of aliphatic hydroxyl groups excluding tert-OH is 1. The second-order valence-electron chi connectivity index (χ2n) is 15.2. The number of esters is 1.